The quantitative estimate of drug-likeness (QED) is 0.915. The summed E-state index contributed by atoms with van der Waals surface area (Å²) in [5.41, 5.74) is 8.26. The van der Waals surface area contributed by atoms with Crippen LogP contribution >= 0.6 is 0 Å². The molecular formula is C15H27N5. The first-order valence-electron chi connectivity index (χ1n) is 7.89. The normalized spacial score (nSPS) is 24.2. The number of hydrogen-bond acceptors (Lipinski definition) is 4. The first kappa shape index (κ1) is 13.7. The van der Waals surface area contributed by atoms with Crippen molar-refractivity contribution in [2.75, 3.05) is 36.8 Å². The van der Waals surface area contributed by atoms with Crippen LogP contribution in [-0.2, 0) is 7.05 Å². The summed E-state index contributed by atoms with van der Waals surface area (Å²) >= 11 is 0. The van der Waals surface area contributed by atoms with E-state index < -0.39 is 0 Å². The van der Waals surface area contributed by atoms with Gasteiger partial charge in [0, 0.05) is 26.2 Å². The SMILES string of the molecule is CC(C)c1nn(C)c(N2CCC(N3CCCC3)C2)c1N. The van der Waals surface area contributed by atoms with Gasteiger partial charge < -0.3 is 10.6 Å². The summed E-state index contributed by atoms with van der Waals surface area (Å²) in [5.74, 6) is 1.50. The number of hydrogen-bond donors (Lipinski definition) is 1. The van der Waals surface area contributed by atoms with E-state index in [-0.39, 0.29) is 0 Å². The number of aryl methyl sites for hydroxylation is 1. The van der Waals surface area contributed by atoms with Crippen molar-refractivity contribution in [2.24, 2.45) is 7.05 Å². The topological polar surface area (TPSA) is 50.3 Å². The maximum atomic E-state index is 6.35. The van der Waals surface area contributed by atoms with Crippen molar-refractivity contribution < 1.29 is 0 Å². The van der Waals surface area contributed by atoms with Crippen LogP contribution < -0.4 is 10.6 Å². The highest BCUT2D eigenvalue weighted by Gasteiger charge is 2.32. The van der Waals surface area contributed by atoms with Gasteiger partial charge in [0.25, 0.3) is 0 Å². The summed E-state index contributed by atoms with van der Waals surface area (Å²) in [6.45, 7) is 9.05. The van der Waals surface area contributed by atoms with Crippen molar-refractivity contribution in [2.45, 2.75) is 45.1 Å². The van der Waals surface area contributed by atoms with Crippen molar-refractivity contribution in [3.63, 3.8) is 0 Å². The highest BCUT2D eigenvalue weighted by Crippen LogP contribution is 2.33. The summed E-state index contributed by atoms with van der Waals surface area (Å²) in [6.07, 6.45) is 3.98. The van der Waals surface area contributed by atoms with Crippen molar-refractivity contribution in [1.29, 1.82) is 0 Å². The van der Waals surface area contributed by atoms with Gasteiger partial charge >= 0.3 is 0 Å². The van der Waals surface area contributed by atoms with Gasteiger partial charge in [-0.15, -0.1) is 0 Å². The predicted octanol–water partition coefficient (Wildman–Crippen LogP) is 1.80. The van der Waals surface area contributed by atoms with Gasteiger partial charge in [-0.2, -0.15) is 5.10 Å². The number of anilines is 2. The lowest BCUT2D eigenvalue weighted by molar-refractivity contribution is 0.260. The molecule has 2 N–H and O–H groups in total. The molecule has 0 aromatic carbocycles. The van der Waals surface area contributed by atoms with E-state index in [0.717, 1.165) is 30.3 Å². The molecule has 3 rings (SSSR count). The predicted molar refractivity (Wildman–Crippen MR) is 83.1 cm³/mol. The van der Waals surface area contributed by atoms with E-state index in [4.69, 9.17) is 5.73 Å². The Morgan fingerprint density at radius 1 is 1.20 bits per heavy atom. The van der Waals surface area contributed by atoms with Gasteiger partial charge in [-0.1, -0.05) is 13.8 Å². The molecule has 1 aromatic rings. The summed E-state index contributed by atoms with van der Waals surface area (Å²) in [4.78, 5) is 5.08. The Hall–Kier alpha value is -1.23. The van der Waals surface area contributed by atoms with E-state index in [2.05, 4.69) is 28.7 Å². The molecular weight excluding hydrogens is 250 g/mol. The first-order valence-corrected chi connectivity index (χ1v) is 7.89. The monoisotopic (exact) mass is 277 g/mol. The van der Waals surface area contributed by atoms with Gasteiger partial charge in [-0.05, 0) is 38.3 Å². The van der Waals surface area contributed by atoms with Crippen LogP contribution in [0.1, 0.15) is 44.7 Å². The number of nitrogens with two attached hydrogens (primary N) is 1. The van der Waals surface area contributed by atoms with Crippen LogP contribution in [0.3, 0.4) is 0 Å². The molecule has 0 spiro atoms. The van der Waals surface area contributed by atoms with Crippen molar-refractivity contribution in [3.8, 4) is 0 Å². The Kier molecular flexibility index (Phi) is 3.63. The zero-order valence-corrected chi connectivity index (χ0v) is 13.0. The molecule has 3 heterocycles. The van der Waals surface area contributed by atoms with Crippen LogP contribution in [0, 0.1) is 0 Å². The fourth-order valence-electron chi connectivity index (χ4n) is 3.69. The largest absolute Gasteiger partial charge is 0.394 e. The van der Waals surface area contributed by atoms with E-state index in [0.29, 0.717) is 12.0 Å². The molecule has 0 bridgehead atoms. The maximum absolute atomic E-state index is 6.35. The second kappa shape index (κ2) is 5.28. The molecule has 2 aliphatic heterocycles. The third kappa shape index (κ3) is 2.28. The lowest BCUT2D eigenvalue weighted by Crippen LogP contribution is -2.35. The number of nitrogens with zero attached hydrogens (tertiary/aromatic N) is 4. The van der Waals surface area contributed by atoms with Gasteiger partial charge in [0.2, 0.25) is 0 Å². The van der Waals surface area contributed by atoms with Gasteiger partial charge in [-0.3, -0.25) is 9.58 Å². The molecule has 0 amide bonds. The molecule has 1 atom stereocenters. The van der Waals surface area contributed by atoms with Gasteiger partial charge in [0.1, 0.15) is 5.82 Å². The van der Waals surface area contributed by atoms with Crippen molar-refractivity contribution in [3.05, 3.63) is 5.69 Å². The lowest BCUT2D eigenvalue weighted by atomic mass is 10.1. The summed E-state index contributed by atoms with van der Waals surface area (Å²) < 4.78 is 1.97. The minimum atomic E-state index is 0.381. The van der Waals surface area contributed by atoms with E-state index in [1.807, 2.05) is 11.7 Å². The highest BCUT2D eigenvalue weighted by molar-refractivity contribution is 5.67. The maximum Gasteiger partial charge on any atom is 0.150 e. The number of aromatic nitrogens is 2. The zero-order chi connectivity index (χ0) is 14.3. The standard InChI is InChI=1S/C15H27N5/c1-11(2)14-13(16)15(18(3)17-14)20-9-6-12(10-20)19-7-4-5-8-19/h11-12H,4-10,16H2,1-3H3. The molecule has 5 heteroatoms. The molecule has 1 aromatic heterocycles. The van der Waals surface area contributed by atoms with E-state index in [1.165, 1.54) is 32.4 Å². The Balaban J connectivity index is 1.77. The average molecular weight is 277 g/mol. The zero-order valence-electron chi connectivity index (χ0n) is 13.0. The Morgan fingerprint density at radius 2 is 1.90 bits per heavy atom. The molecule has 0 aliphatic carbocycles. The number of likely N-dealkylation sites (tertiary alicyclic amines) is 1. The molecule has 5 nitrogen and oxygen atoms in total. The molecule has 1 unspecified atom stereocenters. The average Bonchev–Trinajstić information content (AvgIpc) is 3.08. The molecule has 112 valence electrons. The van der Waals surface area contributed by atoms with Crippen LogP contribution in [0.5, 0.6) is 0 Å². The number of nitrogen functional groups attached to an aromatic ring is 1. The first-order chi connectivity index (χ1) is 9.58. The van der Waals surface area contributed by atoms with Crippen LogP contribution in [-0.4, -0.2) is 46.9 Å². The minimum Gasteiger partial charge on any atom is -0.394 e. The summed E-state index contributed by atoms with van der Waals surface area (Å²) in [7, 11) is 2.01. The van der Waals surface area contributed by atoms with Crippen LogP contribution in [0.25, 0.3) is 0 Å². The summed E-state index contributed by atoms with van der Waals surface area (Å²) in [5, 5.41) is 4.61. The Bertz CT molecular complexity index is 473. The third-order valence-electron chi connectivity index (χ3n) is 4.75. The molecule has 2 aliphatic rings. The molecule has 20 heavy (non-hydrogen) atoms. The second-order valence-electron chi connectivity index (χ2n) is 6.53. The Morgan fingerprint density at radius 3 is 2.50 bits per heavy atom. The fraction of sp³-hybridized carbons (Fsp3) is 0.800. The van der Waals surface area contributed by atoms with Crippen molar-refractivity contribution in [1.82, 2.24) is 14.7 Å². The van der Waals surface area contributed by atoms with Gasteiger partial charge in [0.05, 0.1) is 11.4 Å². The second-order valence-corrected chi connectivity index (χ2v) is 6.53. The lowest BCUT2D eigenvalue weighted by Gasteiger charge is -2.24. The fourth-order valence-corrected chi connectivity index (χ4v) is 3.69. The third-order valence-corrected chi connectivity index (χ3v) is 4.75. The van der Waals surface area contributed by atoms with E-state index in [1.54, 1.807) is 0 Å². The van der Waals surface area contributed by atoms with Gasteiger partial charge in [0.15, 0.2) is 0 Å². The highest BCUT2D eigenvalue weighted by atomic mass is 15.4. The van der Waals surface area contributed by atoms with Gasteiger partial charge in [-0.25, -0.2) is 0 Å². The minimum absolute atomic E-state index is 0.381. The number of rotatable bonds is 3. The summed E-state index contributed by atoms with van der Waals surface area (Å²) in [6, 6.07) is 0.703. The van der Waals surface area contributed by atoms with Crippen LogP contribution in [0.2, 0.25) is 0 Å². The molecule has 0 saturated carbocycles. The Labute approximate surface area is 121 Å². The van der Waals surface area contributed by atoms with Crippen LogP contribution in [0.4, 0.5) is 11.5 Å². The molecule has 2 fully saturated rings. The van der Waals surface area contributed by atoms with E-state index >= 15 is 0 Å². The molecule has 0 radical (unpaired) electrons. The van der Waals surface area contributed by atoms with Crippen LogP contribution in [0.15, 0.2) is 0 Å². The van der Waals surface area contributed by atoms with Crippen molar-refractivity contribution >= 4 is 11.5 Å². The molecule has 2 saturated heterocycles. The van der Waals surface area contributed by atoms with E-state index in [9.17, 15) is 0 Å². The smallest absolute Gasteiger partial charge is 0.150 e.